The number of para-hydroxylation sites is 3. The lowest BCUT2D eigenvalue weighted by molar-refractivity contribution is 0.669. The summed E-state index contributed by atoms with van der Waals surface area (Å²) in [5, 5.41) is 9.29. The molecule has 3 nitrogen and oxygen atoms in total. The molecule has 10 aromatic rings. The summed E-state index contributed by atoms with van der Waals surface area (Å²) < 4.78 is 15.3. The Kier molecular flexibility index (Phi) is 4.45. The molecular weight excluding hydrogens is 526 g/mol. The molecule has 0 aliphatic carbocycles. The van der Waals surface area contributed by atoms with E-state index in [-0.39, 0.29) is 0 Å². The van der Waals surface area contributed by atoms with Crippen LogP contribution in [0.1, 0.15) is 0 Å². The van der Waals surface area contributed by atoms with E-state index in [9.17, 15) is 0 Å². The molecule has 0 fully saturated rings. The number of aromatic nitrogens is 1. The van der Waals surface area contributed by atoms with Gasteiger partial charge in [-0.05, 0) is 70.4 Å². The van der Waals surface area contributed by atoms with Gasteiger partial charge in [-0.2, -0.15) is 0 Å². The van der Waals surface area contributed by atoms with Gasteiger partial charge in [-0.3, -0.25) is 0 Å². The summed E-state index contributed by atoms with van der Waals surface area (Å²) in [5.41, 5.74) is 9.27. The van der Waals surface area contributed by atoms with Crippen LogP contribution in [0.5, 0.6) is 0 Å². The lowest BCUT2D eigenvalue weighted by Gasteiger charge is -2.11. The quantitative estimate of drug-likeness (QED) is 0.215. The number of fused-ring (bicyclic) bond motifs is 11. The van der Waals surface area contributed by atoms with E-state index in [2.05, 4.69) is 126 Å². The van der Waals surface area contributed by atoms with E-state index in [1.54, 1.807) is 0 Å². The minimum atomic E-state index is 0.891. The van der Waals surface area contributed by atoms with Gasteiger partial charge in [0.2, 0.25) is 0 Å². The Morgan fingerprint density at radius 2 is 1.12 bits per heavy atom. The average molecular weight is 550 g/mol. The van der Waals surface area contributed by atoms with Crippen LogP contribution in [-0.2, 0) is 0 Å². The minimum absolute atomic E-state index is 0.891. The topological polar surface area (TPSA) is 31.2 Å². The SMILES string of the molecule is c1ccc2cc(-n3c4ccccc4c4c(-c5ccc6oc7ccccc7c6c5)cc5c6ccccc6oc5c43)ccc2c1. The Bertz CT molecular complexity index is 2740. The third kappa shape index (κ3) is 3.14. The van der Waals surface area contributed by atoms with Crippen LogP contribution in [0.4, 0.5) is 0 Å². The van der Waals surface area contributed by atoms with Gasteiger partial charge in [-0.15, -0.1) is 0 Å². The zero-order chi connectivity index (χ0) is 28.1. The number of hydrogen-bond donors (Lipinski definition) is 0. The molecule has 0 amide bonds. The molecule has 0 radical (unpaired) electrons. The summed E-state index contributed by atoms with van der Waals surface area (Å²) >= 11 is 0. The van der Waals surface area contributed by atoms with Crippen LogP contribution in [0, 0.1) is 0 Å². The molecule has 0 N–H and O–H groups in total. The maximum absolute atomic E-state index is 6.72. The van der Waals surface area contributed by atoms with Gasteiger partial charge >= 0.3 is 0 Å². The van der Waals surface area contributed by atoms with Crippen LogP contribution < -0.4 is 0 Å². The van der Waals surface area contributed by atoms with Crippen LogP contribution in [0.2, 0.25) is 0 Å². The first-order valence-electron chi connectivity index (χ1n) is 14.6. The monoisotopic (exact) mass is 549 g/mol. The Morgan fingerprint density at radius 1 is 0.442 bits per heavy atom. The second-order valence-corrected chi connectivity index (χ2v) is 11.3. The van der Waals surface area contributed by atoms with Crippen molar-refractivity contribution in [3.8, 4) is 16.8 Å². The van der Waals surface area contributed by atoms with E-state index in [1.165, 1.54) is 27.1 Å². The first-order valence-corrected chi connectivity index (χ1v) is 14.6. The zero-order valence-corrected chi connectivity index (χ0v) is 23.0. The summed E-state index contributed by atoms with van der Waals surface area (Å²) in [4.78, 5) is 0. The number of benzene rings is 7. The van der Waals surface area contributed by atoms with Crippen molar-refractivity contribution < 1.29 is 8.83 Å². The Morgan fingerprint density at radius 3 is 1.98 bits per heavy atom. The fraction of sp³-hybridized carbons (Fsp3) is 0. The molecule has 0 bridgehead atoms. The average Bonchev–Trinajstić information content (AvgIpc) is 3.73. The molecule has 10 rings (SSSR count). The van der Waals surface area contributed by atoms with Gasteiger partial charge in [0.25, 0.3) is 0 Å². The summed E-state index contributed by atoms with van der Waals surface area (Å²) in [7, 11) is 0. The Labute approximate surface area is 245 Å². The predicted octanol–water partition coefficient (Wildman–Crippen LogP) is 11.4. The molecule has 200 valence electrons. The molecule has 0 saturated heterocycles. The lowest BCUT2D eigenvalue weighted by atomic mass is 9.95. The van der Waals surface area contributed by atoms with Crippen LogP contribution in [0.3, 0.4) is 0 Å². The molecular formula is C40H23NO2. The number of furan rings is 2. The fourth-order valence-electron chi connectivity index (χ4n) is 7.03. The number of hydrogen-bond acceptors (Lipinski definition) is 2. The smallest absolute Gasteiger partial charge is 0.160 e. The van der Waals surface area contributed by atoms with Gasteiger partial charge < -0.3 is 13.4 Å². The maximum Gasteiger partial charge on any atom is 0.160 e. The zero-order valence-electron chi connectivity index (χ0n) is 23.0. The van der Waals surface area contributed by atoms with Crippen molar-refractivity contribution in [2.45, 2.75) is 0 Å². The van der Waals surface area contributed by atoms with Crippen LogP contribution >= 0.6 is 0 Å². The van der Waals surface area contributed by atoms with Gasteiger partial charge in [-0.25, -0.2) is 0 Å². The van der Waals surface area contributed by atoms with Crippen molar-refractivity contribution in [3.63, 3.8) is 0 Å². The number of rotatable bonds is 2. The summed E-state index contributed by atoms with van der Waals surface area (Å²) in [6, 6.07) is 49.5. The molecule has 0 atom stereocenters. The van der Waals surface area contributed by atoms with Gasteiger partial charge in [-0.1, -0.05) is 91.0 Å². The first kappa shape index (κ1) is 22.8. The standard InChI is InChI=1S/C40H23NO2/c1-2-10-25-21-27(19-17-24(25)9-1)41-34-14-6-3-13-30(34)38-31(23-33-29-12-5-8-16-36(29)43-40(33)39(38)41)26-18-20-37-32(22-26)28-11-4-7-15-35(28)42-37/h1-23H. The van der Waals surface area contributed by atoms with Gasteiger partial charge in [0.1, 0.15) is 16.7 Å². The van der Waals surface area contributed by atoms with Crippen molar-refractivity contribution in [1.29, 1.82) is 0 Å². The highest BCUT2D eigenvalue weighted by atomic mass is 16.3. The van der Waals surface area contributed by atoms with Crippen molar-refractivity contribution >= 4 is 76.5 Å². The molecule has 3 aromatic heterocycles. The summed E-state index contributed by atoms with van der Waals surface area (Å²) in [6.07, 6.45) is 0. The van der Waals surface area contributed by atoms with E-state index in [1.807, 2.05) is 18.2 Å². The summed E-state index contributed by atoms with van der Waals surface area (Å²) in [6.45, 7) is 0. The minimum Gasteiger partial charge on any atom is -0.456 e. The summed E-state index contributed by atoms with van der Waals surface area (Å²) in [5.74, 6) is 0. The van der Waals surface area contributed by atoms with Gasteiger partial charge in [0.05, 0.1) is 11.0 Å². The lowest BCUT2D eigenvalue weighted by Crippen LogP contribution is -1.94. The van der Waals surface area contributed by atoms with Crippen molar-refractivity contribution in [2.75, 3.05) is 0 Å². The highest BCUT2D eigenvalue weighted by molar-refractivity contribution is 6.26. The van der Waals surface area contributed by atoms with Crippen molar-refractivity contribution in [3.05, 3.63) is 140 Å². The number of nitrogens with zero attached hydrogens (tertiary/aromatic N) is 1. The molecule has 0 saturated carbocycles. The molecule has 3 heteroatoms. The second-order valence-electron chi connectivity index (χ2n) is 11.3. The molecule has 0 unspecified atom stereocenters. The van der Waals surface area contributed by atoms with Crippen molar-refractivity contribution in [1.82, 2.24) is 4.57 Å². The van der Waals surface area contributed by atoms with E-state index in [4.69, 9.17) is 8.83 Å². The maximum atomic E-state index is 6.72. The highest BCUT2D eigenvalue weighted by Gasteiger charge is 2.23. The highest BCUT2D eigenvalue weighted by Crippen LogP contribution is 2.46. The molecule has 0 aliphatic heterocycles. The van der Waals surface area contributed by atoms with Crippen LogP contribution in [0.15, 0.2) is 148 Å². The molecule has 3 heterocycles. The van der Waals surface area contributed by atoms with Gasteiger partial charge in [0, 0.05) is 38.0 Å². The molecule has 43 heavy (non-hydrogen) atoms. The Hall–Kier alpha value is -5.80. The van der Waals surface area contributed by atoms with E-state index in [0.717, 1.165) is 66.2 Å². The first-order chi connectivity index (χ1) is 21.3. The van der Waals surface area contributed by atoms with E-state index < -0.39 is 0 Å². The normalized spacial score (nSPS) is 12.2. The second kappa shape index (κ2) is 8.37. The largest absolute Gasteiger partial charge is 0.456 e. The molecule has 0 spiro atoms. The predicted molar refractivity (Wildman–Crippen MR) is 178 cm³/mol. The van der Waals surface area contributed by atoms with E-state index >= 15 is 0 Å². The fourth-order valence-corrected chi connectivity index (χ4v) is 7.03. The Balaban J connectivity index is 1.41. The van der Waals surface area contributed by atoms with Gasteiger partial charge in [0.15, 0.2) is 5.58 Å². The van der Waals surface area contributed by atoms with Crippen molar-refractivity contribution in [2.24, 2.45) is 0 Å². The van der Waals surface area contributed by atoms with E-state index in [0.29, 0.717) is 0 Å². The third-order valence-electron chi connectivity index (χ3n) is 8.96. The molecule has 7 aromatic carbocycles. The molecule has 0 aliphatic rings. The van der Waals surface area contributed by atoms with Crippen LogP contribution in [-0.4, -0.2) is 4.57 Å². The van der Waals surface area contributed by atoms with Crippen LogP contribution in [0.25, 0.3) is 93.3 Å². The third-order valence-corrected chi connectivity index (χ3v) is 8.96.